The molecular formula is C18H26. The van der Waals surface area contributed by atoms with Crippen LogP contribution < -0.4 is 0 Å². The third-order valence-electron chi connectivity index (χ3n) is 4.34. The minimum absolute atomic E-state index is 0.807. The van der Waals surface area contributed by atoms with E-state index in [9.17, 15) is 0 Å². The summed E-state index contributed by atoms with van der Waals surface area (Å²) in [4.78, 5) is 0. The molecule has 18 heavy (non-hydrogen) atoms. The highest BCUT2D eigenvalue weighted by molar-refractivity contribution is 5.25. The Hall–Kier alpha value is -1.04. The van der Waals surface area contributed by atoms with Crippen LogP contribution in [-0.4, -0.2) is 0 Å². The zero-order valence-corrected chi connectivity index (χ0v) is 11.7. The van der Waals surface area contributed by atoms with Gasteiger partial charge in [0.25, 0.3) is 0 Å². The zero-order chi connectivity index (χ0) is 12.8. The molecule has 0 heteroatoms. The summed E-state index contributed by atoms with van der Waals surface area (Å²) in [5, 5.41) is 0. The van der Waals surface area contributed by atoms with Crippen molar-refractivity contribution >= 4 is 0 Å². The number of rotatable bonds is 5. The van der Waals surface area contributed by atoms with Gasteiger partial charge >= 0.3 is 0 Å². The Morgan fingerprint density at radius 1 is 1.11 bits per heavy atom. The molecule has 0 aliphatic heterocycles. The Morgan fingerprint density at radius 3 is 2.33 bits per heavy atom. The molecule has 1 saturated carbocycles. The maximum Gasteiger partial charge on any atom is -0.0162 e. The van der Waals surface area contributed by atoms with Crippen LogP contribution in [0.5, 0.6) is 0 Å². The first kappa shape index (κ1) is 13.4. The predicted molar refractivity (Wildman–Crippen MR) is 80.0 cm³/mol. The molecule has 0 atom stereocenters. The van der Waals surface area contributed by atoms with Gasteiger partial charge in [-0.3, -0.25) is 0 Å². The standard InChI is InChI=1S/C18H26/c1-3-5-15-7-11-17(12-8-15)18-13-9-16(6-4-2)10-14-18/h3,9-10,13-15,17H,1,4-8,11-12H2,2H3. The van der Waals surface area contributed by atoms with Gasteiger partial charge in [-0.1, -0.05) is 43.7 Å². The average molecular weight is 242 g/mol. The molecule has 0 unspecified atom stereocenters. The molecule has 1 aliphatic rings. The van der Waals surface area contributed by atoms with Gasteiger partial charge < -0.3 is 0 Å². The lowest BCUT2D eigenvalue weighted by atomic mass is 9.77. The van der Waals surface area contributed by atoms with Crippen molar-refractivity contribution in [2.24, 2.45) is 5.92 Å². The van der Waals surface area contributed by atoms with E-state index in [0.717, 1.165) is 11.8 Å². The Kier molecular flexibility index (Phi) is 5.04. The first-order valence-corrected chi connectivity index (χ1v) is 7.53. The van der Waals surface area contributed by atoms with Crippen molar-refractivity contribution in [1.82, 2.24) is 0 Å². The van der Waals surface area contributed by atoms with Crippen LogP contribution in [-0.2, 0) is 6.42 Å². The van der Waals surface area contributed by atoms with Crippen molar-refractivity contribution in [3.63, 3.8) is 0 Å². The second-order valence-electron chi connectivity index (χ2n) is 5.73. The van der Waals surface area contributed by atoms with E-state index in [4.69, 9.17) is 0 Å². The highest BCUT2D eigenvalue weighted by Crippen LogP contribution is 2.37. The fourth-order valence-electron chi connectivity index (χ4n) is 3.21. The molecule has 0 radical (unpaired) electrons. The largest absolute Gasteiger partial charge is 0.103 e. The van der Waals surface area contributed by atoms with Crippen molar-refractivity contribution in [2.75, 3.05) is 0 Å². The Morgan fingerprint density at radius 2 is 1.78 bits per heavy atom. The summed E-state index contributed by atoms with van der Waals surface area (Å²) >= 11 is 0. The molecule has 1 aliphatic carbocycles. The second kappa shape index (κ2) is 6.78. The lowest BCUT2D eigenvalue weighted by molar-refractivity contribution is 0.328. The summed E-state index contributed by atoms with van der Waals surface area (Å²) in [5.41, 5.74) is 3.05. The average Bonchev–Trinajstić information content (AvgIpc) is 2.41. The van der Waals surface area contributed by atoms with E-state index in [1.54, 1.807) is 5.56 Å². The van der Waals surface area contributed by atoms with Gasteiger partial charge in [0.15, 0.2) is 0 Å². The number of hydrogen-bond donors (Lipinski definition) is 0. The van der Waals surface area contributed by atoms with E-state index < -0.39 is 0 Å². The van der Waals surface area contributed by atoms with E-state index in [1.165, 1.54) is 50.5 Å². The normalized spacial score (nSPS) is 23.8. The van der Waals surface area contributed by atoms with Crippen molar-refractivity contribution in [1.29, 1.82) is 0 Å². The molecule has 98 valence electrons. The SMILES string of the molecule is C=CCC1CCC(c2ccc(CCC)cc2)CC1. The molecule has 1 fully saturated rings. The van der Waals surface area contributed by atoms with Crippen molar-refractivity contribution in [3.8, 4) is 0 Å². The quantitative estimate of drug-likeness (QED) is 0.599. The van der Waals surface area contributed by atoms with E-state index in [1.807, 2.05) is 0 Å². The molecule has 0 saturated heterocycles. The van der Waals surface area contributed by atoms with Crippen LogP contribution in [0.25, 0.3) is 0 Å². The maximum atomic E-state index is 3.86. The molecular weight excluding hydrogens is 216 g/mol. The second-order valence-corrected chi connectivity index (χ2v) is 5.73. The Bertz CT molecular complexity index is 352. The van der Waals surface area contributed by atoms with Gasteiger partial charge in [0.1, 0.15) is 0 Å². The first-order valence-electron chi connectivity index (χ1n) is 7.53. The van der Waals surface area contributed by atoms with E-state index >= 15 is 0 Å². The van der Waals surface area contributed by atoms with Gasteiger partial charge in [0.2, 0.25) is 0 Å². The summed E-state index contributed by atoms with van der Waals surface area (Å²) in [6.07, 6.45) is 11.3. The van der Waals surface area contributed by atoms with Crippen molar-refractivity contribution in [2.45, 2.75) is 57.8 Å². The fourth-order valence-corrected chi connectivity index (χ4v) is 3.21. The van der Waals surface area contributed by atoms with Crippen LogP contribution in [0, 0.1) is 5.92 Å². The molecule has 1 aromatic carbocycles. The summed E-state index contributed by atoms with van der Waals surface area (Å²) in [7, 11) is 0. The van der Waals surface area contributed by atoms with Crippen LogP contribution in [0.3, 0.4) is 0 Å². The maximum absolute atomic E-state index is 3.86. The molecule has 0 heterocycles. The molecule has 0 bridgehead atoms. The van der Waals surface area contributed by atoms with Gasteiger partial charge in [-0.05, 0) is 61.5 Å². The van der Waals surface area contributed by atoms with Gasteiger partial charge in [-0.2, -0.15) is 0 Å². The molecule has 0 N–H and O–H groups in total. The number of hydrogen-bond acceptors (Lipinski definition) is 0. The van der Waals surface area contributed by atoms with E-state index in [-0.39, 0.29) is 0 Å². The highest BCUT2D eigenvalue weighted by Gasteiger charge is 2.21. The van der Waals surface area contributed by atoms with Gasteiger partial charge in [-0.25, -0.2) is 0 Å². The van der Waals surface area contributed by atoms with Gasteiger partial charge in [0, 0.05) is 0 Å². The molecule has 0 aromatic heterocycles. The molecule has 0 amide bonds. The third-order valence-corrected chi connectivity index (χ3v) is 4.34. The summed E-state index contributed by atoms with van der Waals surface area (Å²) < 4.78 is 0. The summed E-state index contributed by atoms with van der Waals surface area (Å²) in [6.45, 7) is 6.10. The summed E-state index contributed by atoms with van der Waals surface area (Å²) in [5.74, 6) is 1.71. The number of aryl methyl sites for hydroxylation is 1. The van der Waals surface area contributed by atoms with Crippen molar-refractivity contribution < 1.29 is 0 Å². The lowest BCUT2D eigenvalue weighted by Gasteiger charge is -2.28. The smallest absolute Gasteiger partial charge is 0.0162 e. The molecule has 0 spiro atoms. The van der Waals surface area contributed by atoms with Gasteiger partial charge in [0.05, 0.1) is 0 Å². The minimum Gasteiger partial charge on any atom is -0.103 e. The zero-order valence-electron chi connectivity index (χ0n) is 11.7. The van der Waals surface area contributed by atoms with Crippen LogP contribution in [0.1, 0.15) is 62.5 Å². The molecule has 0 nitrogen and oxygen atoms in total. The highest BCUT2D eigenvalue weighted by atomic mass is 14.3. The first-order chi connectivity index (χ1) is 8.83. The van der Waals surface area contributed by atoms with E-state index in [0.29, 0.717) is 0 Å². The third kappa shape index (κ3) is 3.48. The minimum atomic E-state index is 0.807. The van der Waals surface area contributed by atoms with Crippen LogP contribution in [0.2, 0.25) is 0 Å². The fraction of sp³-hybridized carbons (Fsp3) is 0.556. The monoisotopic (exact) mass is 242 g/mol. The molecule has 1 aromatic rings. The van der Waals surface area contributed by atoms with Crippen LogP contribution >= 0.6 is 0 Å². The van der Waals surface area contributed by atoms with E-state index in [2.05, 4.69) is 43.8 Å². The van der Waals surface area contributed by atoms with Crippen molar-refractivity contribution in [3.05, 3.63) is 48.0 Å². The molecule has 2 rings (SSSR count). The number of allylic oxidation sites excluding steroid dienone is 1. The van der Waals surface area contributed by atoms with Gasteiger partial charge in [-0.15, -0.1) is 6.58 Å². The Balaban J connectivity index is 1.90. The Labute approximate surface area is 112 Å². The summed E-state index contributed by atoms with van der Waals surface area (Å²) in [6, 6.07) is 9.39. The van der Waals surface area contributed by atoms with Crippen LogP contribution in [0.4, 0.5) is 0 Å². The lowest BCUT2D eigenvalue weighted by Crippen LogP contribution is -2.12. The van der Waals surface area contributed by atoms with Crippen LogP contribution in [0.15, 0.2) is 36.9 Å². The predicted octanol–water partition coefficient (Wildman–Crippen LogP) is 5.49. The topological polar surface area (TPSA) is 0 Å². The number of benzene rings is 1.